The summed E-state index contributed by atoms with van der Waals surface area (Å²) in [5.41, 5.74) is 18.5. The van der Waals surface area contributed by atoms with Crippen molar-refractivity contribution in [3.63, 3.8) is 0 Å². The largest absolute Gasteiger partial charge is 0.457 e. The third-order valence-electron chi connectivity index (χ3n) is 16.0. The van der Waals surface area contributed by atoms with Crippen molar-refractivity contribution >= 4 is 92.2 Å². The lowest BCUT2D eigenvalue weighted by Gasteiger charge is -2.41. The molecule has 0 fully saturated rings. The second-order valence-electron chi connectivity index (χ2n) is 20.4. The van der Waals surface area contributed by atoms with E-state index in [9.17, 15) is 0 Å². The summed E-state index contributed by atoms with van der Waals surface area (Å²) in [4.78, 5) is 2.53. The Balaban J connectivity index is 0.880. The van der Waals surface area contributed by atoms with Gasteiger partial charge in [-0.05, 0) is 136 Å². The van der Waals surface area contributed by atoms with Crippen LogP contribution in [0, 0.1) is 0 Å². The Bertz CT molecular complexity index is 4540. The van der Waals surface area contributed by atoms with Crippen LogP contribution in [0.25, 0.3) is 120 Å². The van der Waals surface area contributed by atoms with E-state index in [4.69, 9.17) is 4.74 Å². The maximum Gasteiger partial charge on any atom is 0.152 e. The Labute approximate surface area is 449 Å². The monoisotopic (exact) mass is 1000 g/mol. The fraction of sp³-hybridized carbons (Fsp3) is 0.0278. The Morgan fingerprint density at radius 2 is 0.805 bits per heavy atom. The molecule has 0 bridgehead atoms. The molecule has 0 amide bonds. The molecule has 77 heavy (non-hydrogen) atoms. The predicted molar refractivity (Wildman–Crippen MR) is 325 cm³/mol. The zero-order chi connectivity index (χ0) is 50.6. The average Bonchev–Trinajstić information content (AvgIpc) is 4.23. The van der Waals surface area contributed by atoms with Crippen LogP contribution in [0.4, 0.5) is 11.4 Å². The van der Waals surface area contributed by atoms with Gasteiger partial charge in [-0.15, -0.1) is 11.3 Å². The third kappa shape index (κ3) is 7.12. The van der Waals surface area contributed by atoms with Crippen LogP contribution in [0.5, 0.6) is 5.75 Å². The van der Waals surface area contributed by atoms with Crippen molar-refractivity contribution in [3.05, 3.63) is 273 Å². The van der Waals surface area contributed by atoms with E-state index in [2.05, 4.69) is 281 Å². The molecule has 1 unspecified atom stereocenters. The van der Waals surface area contributed by atoms with Gasteiger partial charge in [-0.1, -0.05) is 170 Å². The van der Waals surface area contributed by atoms with Crippen molar-refractivity contribution in [3.8, 4) is 55.9 Å². The van der Waals surface area contributed by atoms with Gasteiger partial charge in [0.25, 0.3) is 0 Å². The summed E-state index contributed by atoms with van der Waals surface area (Å²) in [5, 5.41) is 7.41. The summed E-state index contributed by atoms with van der Waals surface area (Å²) in [6, 6.07) is 93.1. The number of aromatic nitrogens is 2. The quantitative estimate of drug-likeness (QED) is 0.159. The van der Waals surface area contributed by atoms with Gasteiger partial charge in [0.2, 0.25) is 0 Å². The van der Waals surface area contributed by atoms with Crippen LogP contribution in [0.15, 0.2) is 273 Å². The van der Waals surface area contributed by atoms with Crippen LogP contribution in [-0.2, 0) is 0 Å². The number of thiophene rings is 1. The van der Waals surface area contributed by atoms with Crippen molar-refractivity contribution in [1.29, 1.82) is 0 Å². The maximum absolute atomic E-state index is 7.41. The molecule has 4 nitrogen and oxygen atoms in total. The topological polar surface area (TPSA) is 22.3 Å². The molecule has 1 aliphatic carbocycles. The molecule has 0 saturated carbocycles. The zero-order valence-electron chi connectivity index (χ0n) is 41.8. The molecule has 3 aromatic heterocycles. The Morgan fingerprint density at radius 1 is 0.351 bits per heavy atom. The minimum Gasteiger partial charge on any atom is -0.457 e. The highest BCUT2D eigenvalue weighted by Gasteiger charge is 2.36. The number of anilines is 2. The number of fused-ring (bicyclic) bond motifs is 11. The molecule has 0 spiro atoms. The first-order valence-electron chi connectivity index (χ1n) is 26.5. The van der Waals surface area contributed by atoms with E-state index in [0.717, 1.165) is 62.8 Å². The van der Waals surface area contributed by atoms with Crippen LogP contribution in [0.2, 0.25) is 0 Å². The average molecular weight is 1000 g/mol. The summed E-state index contributed by atoms with van der Waals surface area (Å²) in [6.07, 6.45) is 5.47. The van der Waals surface area contributed by atoms with Crippen LogP contribution in [0.3, 0.4) is 0 Å². The molecule has 0 radical (unpaired) electrons. The smallest absolute Gasteiger partial charge is 0.152 e. The second-order valence-corrected chi connectivity index (χ2v) is 21.5. The predicted octanol–water partition coefficient (Wildman–Crippen LogP) is 19.7. The van der Waals surface area contributed by atoms with Gasteiger partial charge in [-0.3, -0.25) is 0 Å². The standard InChI is InChI=1S/C72H47N3OS/c1-5-15-46(16-6-1)50-25-32-63-58(39-50)59-40-51(47-17-7-2-8-18-47)26-33-64(59)73(63)55-29-36-67-69(44-55)76-70-45-56(30-37-68(70)75(67)54-31-38-72-62(43-54)57-23-13-14-24-71(57)77-72)74-65-34-27-52(48-19-9-3-10-20-48)41-60(65)61-42-53(28-35-66(61)74)49-21-11-4-12-22-49/h1-36,38-45,68H,37H2. The normalized spacial score (nSPS) is 14.3. The highest BCUT2D eigenvalue weighted by atomic mass is 32.1. The minimum absolute atomic E-state index is 0.0806. The second kappa shape index (κ2) is 17.5. The fourth-order valence-corrected chi connectivity index (χ4v) is 13.5. The van der Waals surface area contributed by atoms with E-state index in [-0.39, 0.29) is 6.04 Å². The van der Waals surface area contributed by atoms with Crippen LogP contribution >= 0.6 is 11.3 Å². The number of hydrogen-bond acceptors (Lipinski definition) is 3. The number of ether oxygens (including phenoxy) is 1. The lowest BCUT2D eigenvalue weighted by molar-refractivity contribution is 0.360. The van der Waals surface area contributed by atoms with Gasteiger partial charge >= 0.3 is 0 Å². The van der Waals surface area contributed by atoms with Crippen molar-refractivity contribution < 1.29 is 4.74 Å². The van der Waals surface area contributed by atoms with Crippen molar-refractivity contribution in [2.75, 3.05) is 4.90 Å². The van der Waals surface area contributed by atoms with Crippen LogP contribution < -0.4 is 9.64 Å². The first kappa shape index (κ1) is 43.7. The van der Waals surface area contributed by atoms with Crippen molar-refractivity contribution in [2.45, 2.75) is 12.5 Å². The molecular formula is C72H47N3OS. The Kier molecular flexibility index (Phi) is 9.91. The highest BCUT2D eigenvalue weighted by molar-refractivity contribution is 7.25. The number of rotatable bonds is 7. The van der Waals surface area contributed by atoms with E-state index < -0.39 is 0 Å². The molecule has 0 N–H and O–H groups in total. The van der Waals surface area contributed by atoms with E-state index >= 15 is 0 Å². The molecule has 14 aromatic rings. The highest BCUT2D eigenvalue weighted by Crippen LogP contribution is 2.49. The van der Waals surface area contributed by atoms with Gasteiger partial charge in [-0.2, -0.15) is 0 Å². The van der Waals surface area contributed by atoms with Crippen LogP contribution in [0.1, 0.15) is 6.42 Å². The summed E-state index contributed by atoms with van der Waals surface area (Å²) < 4.78 is 14.9. The molecule has 16 rings (SSSR count). The van der Waals surface area contributed by atoms with Gasteiger partial charge < -0.3 is 18.8 Å². The first-order chi connectivity index (χ1) is 38.1. The van der Waals surface area contributed by atoms with Crippen molar-refractivity contribution in [2.24, 2.45) is 0 Å². The van der Waals surface area contributed by atoms with Gasteiger partial charge in [0, 0.05) is 65.2 Å². The van der Waals surface area contributed by atoms with E-state index in [1.807, 2.05) is 11.3 Å². The molecule has 5 heteroatoms. The van der Waals surface area contributed by atoms with E-state index in [0.29, 0.717) is 0 Å². The lowest BCUT2D eigenvalue weighted by Crippen LogP contribution is -2.39. The lowest BCUT2D eigenvalue weighted by atomic mass is 9.98. The van der Waals surface area contributed by atoms with Gasteiger partial charge in [0.1, 0.15) is 5.76 Å². The number of nitrogens with zero attached hydrogens (tertiary/aromatic N) is 3. The van der Waals surface area contributed by atoms with Gasteiger partial charge in [0.15, 0.2) is 5.75 Å². The van der Waals surface area contributed by atoms with Gasteiger partial charge in [0.05, 0.1) is 39.5 Å². The molecular weight excluding hydrogens is 955 g/mol. The van der Waals surface area contributed by atoms with Crippen LogP contribution in [-0.4, -0.2) is 15.2 Å². The first-order valence-corrected chi connectivity index (χ1v) is 27.3. The summed E-state index contributed by atoms with van der Waals surface area (Å²) in [6.45, 7) is 0. The molecule has 362 valence electrons. The third-order valence-corrected chi connectivity index (χ3v) is 17.2. The SMILES string of the molecule is C1=C2Oc3cc(-n4c5ccc(-c6ccccc6)cc5c5cc(-c6ccccc6)ccc54)ccc3N(c3ccc4sc5ccccc5c4c3)C2CC=C1n1c2ccc(-c3ccccc3)cc2c2cc(-c3ccccc3)ccc21. The van der Waals surface area contributed by atoms with E-state index in [1.165, 1.54) is 86.2 Å². The number of benzene rings is 11. The minimum atomic E-state index is -0.0806. The summed E-state index contributed by atoms with van der Waals surface area (Å²) in [7, 11) is 0. The maximum atomic E-state index is 7.41. The van der Waals surface area contributed by atoms with E-state index in [1.54, 1.807) is 0 Å². The van der Waals surface area contributed by atoms with Gasteiger partial charge in [-0.25, -0.2) is 0 Å². The molecule has 2 aliphatic rings. The molecule has 0 saturated heterocycles. The van der Waals surface area contributed by atoms with Crippen molar-refractivity contribution in [1.82, 2.24) is 9.13 Å². The zero-order valence-corrected chi connectivity index (χ0v) is 42.7. The summed E-state index contributed by atoms with van der Waals surface area (Å²) >= 11 is 1.86. The fourth-order valence-electron chi connectivity index (χ4n) is 12.4. The Hall–Kier alpha value is -9.68. The molecule has 1 aliphatic heterocycles. The molecule has 4 heterocycles. The number of allylic oxidation sites excluding steroid dienone is 2. The molecule has 1 atom stereocenters. The number of hydrogen-bond donors (Lipinski definition) is 0. The molecule has 11 aromatic carbocycles. The summed E-state index contributed by atoms with van der Waals surface area (Å²) in [5.74, 6) is 1.74. The Morgan fingerprint density at radius 3 is 1.32 bits per heavy atom.